The average molecular weight is 416 g/mol. The molecule has 0 fully saturated rings. The van der Waals surface area contributed by atoms with Crippen LogP contribution in [0.4, 0.5) is 22.7 Å². The first-order valence-electron chi connectivity index (χ1n) is 9.78. The molecule has 31 heavy (non-hydrogen) atoms. The van der Waals surface area contributed by atoms with E-state index in [1.807, 2.05) is 25.1 Å². The summed E-state index contributed by atoms with van der Waals surface area (Å²) in [5, 5.41) is 11.3. The number of amides is 3. The minimum Gasteiger partial charge on any atom is -0.376 e. The van der Waals surface area contributed by atoms with Crippen LogP contribution >= 0.6 is 0 Å². The van der Waals surface area contributed by atoms with Crippen molar-refractivity contribution < 1.29 is 14.4 Å². The summed E-state index contributed by atoms with van der Waals surface area (Å²) in [5.41, 5.74) is 4.33. The van der Waals surface area contributed by atoms with Gasteiger partial charge in [0.15, 0.2) is 0 Å². The Balaban J connectivity index is 1.48. The van der Waals surface area contributed by atoms with E-state index in [2.05, 4.69) is 21.3 Å². The van der Waals surface area contributed by atoms with Gasteiger partial charge in [0, 0.05) is 35.2 Å². The largest absolute Gasteiger partial charge is 0.376 e. The van der Waals surface area contributed by atoms with E-state index in [0.717, 1.165) is 11.3 Å². The third kappa shape index (κ3) is 6.71. The molecule has 3 amide bonds. The first kappa shape index (κ1) is 21.6. The van der Waals surface area contributed by atoms with Crippen molar-refractivity contribution in [3.8, 4) is 0 Å². The summed E-state index contributed by atoms with van der Waals surface area (Å²) in [4.78, 5) is 35.5. The van der Waals surface area contributed by atoms with Crippen molar-refractivity contribution in [3.05, 3.63) is 83.9 Å². The van der Waals surface area contributed by atoms with Crippen LogP contribution in [0.3, 0.4) is 0 Å². The number of aryl methyl sites for hydroxylation is 1. The standard InChI is InChI=1S/C24H24N4O3/c1-16-4-3-5-18(14-16)24(31)28-22-12-10-21(11-13-22)27-23(30)15-25-19-6-8-20(9-7-19)26-17(2)29/h3-14,25H,15H2,1-2H3,(H,26,29)(H,27,30)(H,28,31). The van der Waals surface area contributed by atoms with Crippen LogP contribution < -0.4 is 21.3 Å². The molecule has 0 aliphatic carbocycles. The molecule has 158 valence electrons. The fourth-order valence-corrected chi connectivity index (χ4v) is 2.89. The van der Waals surface area contributed by atoms with Crippen molar-refractivity contribution >= 4 is 40.5 Å². The van der Waals surface area contributed by atoms with Crippen LogP contribution in [0.25, 0.3) is 0 Å². The van der Waals surface area contributed by atoms with E-state index in [0.29, 0.717) is 22.6 Å². The Morgan fingerprint density at radius 1 is 0.710 bits per heavy atom. The van der Waals surface area contributed by atoms with E-state index in [9.17, 15) is 14.4 Å². The van der Waals surface area contributed by atoms with Crippen LogP contribution in [-0.4, -0.2) is 24.3 Å². The molecule has 0 aliphatic rings. The molecule has 3 aromatic carbocycles. The minimum atomic E-state index is -0.206. The number of anilines is 4. The molecule has 0 heterocycles. The Morgan fingerprint density at radius 2 is 1.26 bits per heavy atom. The lowest BCUT2D eigenvalue weighted by Gasteiger charge is -2.10. The highest BCUT2D eigenvalue weighted by Crippen LogP contribution is 2.16. The van der Waals surface area contributed by atoms with Gasteiger partial charge in [0.1, 0.15) is 0 Å². The molecule has 3 aromatic rings. The SMILES string of the molecule is CC(=O)Nc1ccc(NCC(=O)Nc2ccc(NC(=O)c3cccc(C)c3)cc2)cc1. The van der Waals surface area contributed by atoms with E-state index in [-0.39, 0.29) is 24.3 Å². The highest BCUT2D eigenvalue weighted by Gasteiger charge is 2.07. The Labute approximate surface area is 180 Å². The molecule has 0 unspecified atom stereocenters. The summed E-state index contributed by atoms with van der Waals surface area (Å²) in [7, 11) is 0. The van der Waals surface area contributed by atoms with E-state index in [4.69, 9.17) is 0 Å². The minimum absolute atomic E-state index is 0.0886. The van der Waals surface area contributed by atoms with E-state index in [1.54, 1.807) is 54.6 Å². The molecule has 3 rings (SSSR count). The maximum absolute atomic E-state index is 12.3. The van der Waals surface area contributed by atoms with Crippen molar-refractivity contribution in [1.82, 2.24) is 0 Å². The third-order valence-corrected chi connectivity index (χ3v) is 4.37. The van der Waals surface area contributed by atoms with Crippen LogP contribution in [0.1, 0.15) is 22.8 Å². The molecular weight excluding hydrogens is 392 g/mol. The van der Waals surface area contributed by atoms with Gasteiger partial charge in [-0.2, -0.15) is 0 Å². The van der Waals surface area contributed by atoms with E-state index >= 15 is 0 Å². The van der Waals surface area contributed by atoms with Crippen molar-refractivity contribution in [2.24, 2.45) is 0 Å². The van der Waals surface area contributed by atoms with Crippen molar-refractivity contribution in [2.75, 3.05) is 27.8 Å². The van der Waals surface area contributed by atoms with Crippen LogP contribution in [-0.2, 0) is 9.59 Å². The molecule has 0 atom stereocenters. The van der Waals surface area contributed by atoms with Gasteiger partial charge in [0.05, 0.1) is 6.54 Å². The molecule has 0 bridgehead atoms. The maximum Gasteiger partial charge on any atom is 0.255 e. The van der Waals surface area contributed by atoms with Gasteiger partial charge in [0.2, 0.25) is 11.8 Å². The molecule has 7 heteroatoms. The zero-order valence-electron chi connectivity index (χ0n) is 17.4. The summed E-state index contributed by atoms with van der Waals surface area (Å²) in [5.74, 6) is -0.530. The fraction of sp³-hybridized carbons (Fsp3) is 0.125. The highest BCUT2D eigenvalue weighted by atomic mass is 16.2. The first-order valence-corrected chi connectivity index (χ1v) is 9.78. The number of carbonyl (C=O) groups excluding carboxylic acids is 3. The average Bonchev–Trinajstić information content (AvgIpc) is 2.74. The third-order valence-electron chi connectivity index (χ3n) is 4.37. The second-order valence-electron chi connectivity index (χ2n) is 7.06. The van der Waals surface area contributed by atoms with E-state index < -0.39 is 0 Å². The lowest BCUT2D eigenvalue weighted by molar-refractivity contribution is -0.115. The number of hydrogen-bond donors (Lipinski definition) is 4. The van der Waals surface area contributed by atoms with Gasteiger partial charge in [-0.3, -0.25) is 14.4 Å². The quantitative estimate of drug-likeness (QED) is 0.463. The van der Waals surface area contributed by atoms with Crippen LogP contribution in [0.5, 0.6) is 0 Å². The molecule has 0 aliphatic heterocycles. The second-order valence-corrected chi connectivity index (χ2v) is 7.06. The zero-order chi connectivity index (χ0) is 22.2. The molecule has 0 aromatic heterocycles. The van der Waals surface area contributed by atoms with Gasteiger partial charge >= 0.3 is 0 Å². The monoisotopic (exact) mass is 416 g/mol. The molecular formula is C24H24N4O3. The lowest BCUT2D eigenvalue weighted by atomic mass is 10.1. The Hall–Kier alpha value is -4.13. The van der Waals surface area contributed by atoms with Crippen molar-refractivity contribution in [2.45, 2.75) is 13.8 Å². The first-order chi connectivity index (χ1) is 14.9. The van der Waals surface area contributed by atoms with Gasteiger partial charge in [-0.1, -0.05) is 17.7 Å². The molecule has 0 radical (unpaired) electrons. The molecule has 0 saturated carbocycles. The predicted octanol–water partition coefficient (Wildman–Crippen LogP) is 4.26. The molecule has 0 spiro atoms. The molecule has 4 N–H and O–H groups in total. The fourth-order valence-electron chi connectivity index (χ4n) is 2.89. The number of carbonyl (C=O) groups is 3. The van der Waals surface area contributed by atoms with Crippen LogP contribution in [0, 0.1) is 6.92 Å². The van der Waals surface area contributed by atoms with Crippen molar-refractivity contribution in [3.63, 3.8) is 0 Å². The Morgan fingerprint density at radius 3 is 1.84 bits per heavy atom. The van der Waals surface area contributed by atoms with Gasteiger partial charge < -0.3 is 21.3 Å². The number of nitrogens with one attached hydrogen (secondary N) is 4. The summed E-state index contributed by atoms with van der Waals surface area (Å²) >= 11 is 0. The molecule has 7 nitrogen and oxygen atoms in total. The van der Waals surface area contributed by atoms with Gasteiger partial charge in [-0.05, 0) is 67.6 Å². The normalized spacial score (nSPS) is 10.1. The topological polar surface area (TPSA) is 99.3 Å². The summed E-state index contributed by atoms with van der Waals surface area (Å²) in [6.45, 7) is 3.47. The van der Waals surface area contributed by atoms with Crippen LogP contribution in [0.2, 0.25) is 0 Å². The lowest BCUT2D eigenvalue weighted by Crippen LogP contribution is -2.21. The van der Waals surface area contributed by atoms with Gasteiger partial charge in [-0.25, -0.2) is 0 Å². The zero-order valence-corrected chi connectivity index (χ0v) is 17.4. The summed E-state index contributed by atoms with van der Waals surface area (Å²) < 4.78 is 0. The Kier molecular flexibility index (Phi) is 7.01. The predicted molar refractivity (Wildman–Crippen MR) is 123 cm³/mol. The van der Waals surface area contributed by atoms with Crippen LogP contribution in [0.15, 0.2) is 72.8 Å². The number of rotatable bonds is 7. The van der Waals surface area contributed by atoms with Gasteiger partial charge in [0.25, 0.3) is 5.91 Å². The summed E-state index contributed by atoms with van der Waals surface area (Å²) in [6, 6.07) is 21.4. The summed E-state index contributed by atoms with van der Waals surface area (Å²) in [6.07, 6.45) is 0. The smallest absolute Gasteiger partial charge is 0.255 e. The maximum atomic E-state index is 12.3. The Bertz CT molecular complexity index is 1080. The van der Waals surface area contributed by atoms with E-state index in [1.165, 1.54) is 6.92 Å². The molecule has 0 saturated heterocycles. The highest BCUT2D eigenvalue weighted by molar-refractivity contribution is 6.04. The second kappa shape index (κ2) is 10.1. The van der Waals surface area contributed by atoms with Crippen molar-refractivity contribution in [1.29, 1.82) is 0 Å². The van der Waals surface area contributed by atoms with Gasteiger partial charge in [-0.15, -0.1) is 0 Å². The number of benzene rings is 3. The number of hydrogen-bond acceptors (Lipinski definition) is 4.